The van der Waals surface area contributed by atoms with E-state index in [1.54, 1.807) is 0 Å². The molecule has 110 valence electrons. The van der Waals surface area contributed by atoms with Crippen molar-refractivity contribution in [1.82, 2.24) is 9.80 Å². The van der Waals surface area contributed by atoms with Gasteiger partial charge in [0.2, 0.25) is 0 Å². The zero-order valence-corrected chi connectivity index (χ0v) is 14.5. The maximum absolute atomic E-state index is 12.3. The second-order valence-corrected chi connectivity index (χ2v) is 6.57. The van der Waals surface area contributed by atoms with Crippen LogP contribution in [0.1, 0.15) is 30.6 Å². The summed E-state index contributed by atoms with van der Waals surface area (Å²) in [5, 5.41) is 0. The largest absolute Gasteiger partial charge is 0.300 e. The van der Waals surface area contributed by atoms with Gasteiger partial charge in [-0.2, -0.15) is 0 Å². The number of Topliss-reactive ketones (excluding diaryl/α,β-unsaturated/α-hetero) is 1. The molecule has 0 saturated carbocycles. The van der Waals surface area contributed by atoms with E-state index >= 15 is 0 Å². The number of rotatable bonds is 6. The zero-order valence-electron chi connectivity index (χ0n) is 12.3. The average Bonchev–Trinajstić information content (AvgIpc) is 2.89. The number of likely N-dealkylation sites (N-methyl/N-ethyl adjacent to an activating group) is 1. The molecule has 1 aliphatic rings. The predicted molar refractivity (Wildman–Crippen MR) is 91.3 cm³/mol. The summed E-state index contributed by atoms with van der Waals surface area (Å²) in [7, 11) is 0. The first-order chi connectivity index (χ1) is 9.63. The number of halogens is 1. The highest BCUT2D eigenvalue weighted by Crippen LogP contribution is 2.16. The van der Waals surface area contributed by atoms with Crippen LogP contribution in [-0.2, 0) is 0 Å². The Bertz CT molecular complexity index is 442. The molecule has 1 atom stereocenters. The van der Waals surface area contributed by atoms with Gasteiger partial charge in [0.05, 0.1) is 6.54 Å². The van der Waals surface area contributed by atoms with Crippen LogP contribution in [0.3, 0.4) is 0 Å². The maximum atomic E-state index is 12.3. The number of hydrogen-bond donors (Lipinski definition) is 0. The third-order valence-electron chi connectivity index (χ3n) is 4.11. The molecule has 2 rings (SSSR count). The highest BCUT2D eigenvalue weighted by molar-refractivity contribution is 14.1. The van der Waals surface area contributed by atoms with Crippen molar-refractivity contribution in [3.63, 3.8) is 0 Å². The molecular formula is C16H23IN2O. The van der Waals surface area contributed by atoms with Gasteiger partial charge in [0.1, 0.15) is 0 Å². The van der Waals surface area contributed by atoms with Crippen LogP contribution in [0.5, 0.6) is 0 Å². The summed E-state index contributed by atoms with van der Waals surface area (Å²) in [6.45, 7) is 9.24. The second kappa shape index (κ2) is 7.52. The molecule has 1 fully saturated rings. The van der Waals surface area contributed by atoms with Gasteiger partial charge in [0.15, 0.2) is 5.78 Å². The first kappa shape index (κ1) is 15.9. The van der Waals surface area contributed by atoms with Crippen molar-refractivity contribution in [2.75, 3.05) is 32.7 Å². The van der Waals surface area contributed by atoms with Gasteiger partial charge in [0.25, 0.3) is 0 Å². The Kier molecular flexibility index (Phi) is 5.99. The molecule has 1 unspecified atom stereocenters. The molecule has 0 spiro atoms. The minimum atomic E-state index is 0.238. The topological polar surface area (TPSA) is 23.6 Å². The molecule has 1 saturated heterocycles. The molecule has 0 aliphatic carbocycles. The Labute approximate surface area is 135 Å². The van der Waals surface area contributed by atoms with E-state index in [4.69, 9.17) is 0 Å². The number of likely N-dealkylation sites (tertiary alicyclic amines) is 1. The number of hydrogen-bond acceptors (Lipinski definition) is 3. The van der Waals surface area contributed by atoms with Crippen molar-refractivity contribution in [2.24, 2.45) is 0 Å². The van der Waals surface area contributed by atoms with Crippen LogP contribution < -0.4 is 0 Å². The average molecular weight is 386 g/mol. The van der Waals surface area contributed by atoms with Crippen molar-refractivity contribution in [2.45, 2.75) is 26.3 Å². The van der Waals surface area contributed by atoms with Gasteiger partial charge in [-0.05, 0) is 54.2 Å². The molecule has 1 aromatic carbocycles. The summed E-state index contributed by atoms with van der Waals surface area (Å²) in [4.78, 5) is 17.1. The lowest BCUT2D eigenvalue weighted by molar-refractivity contribution is 0.0939. The number of nitrogens with zero attached hydrogens (tertiary/aromatic N) is 2. The van der Waals surface area contributed by atoms with Crippen LogP contribution in [0.2, 0.25) is 0 Å². The van der Waals surface area contributed by atoms with Crippen LogP contribution in [0.15, 0.2) is 24.3 Å². The lowest BCUT2D eigenvalue weighted by Crippen LogP contribution is -2.38. The Morgan fingerprint density at radius 1 is 1.30 bits per heavy atom. The highest BCUT2D eigenvalue weighted by Gasteiger charge is 2.27. The molecule has 0 N–H and O–H groups in total. The van der Waals surface area contributed by atoms with Crippen molar-refractivity contribution in [1.29, 1.82) is 0 Å². The quantitative estimate of drug-likeness (QED) is 0.555. The highest BCUT2D eigenvalue weighted by atomic mass is 127. The summed E-state index contributed by atoms with van der Waals surface area (Å²) < 4.78 is 1.17. The standard InChI is InChI=1S/C16H23IN2O/c1-3-19(4-2)15-9-10-18(11-15)12-16(20)13-5-7-14(17)8-6-13/h5-8,15H,3-4,9-12H2,1-2H3. The van der Waals surface area contributed by atoms with Gasteiger partial charge in [0, 0.05) is 28.3 Å². The van der Waals surface area contributed by atoms with Crippen molar-refractivity contribution in [3.05, 3.63) is 33.4 Å². The first-order valence-electron chi connectivity index (χ1n) is 7.39. The summed E-state index contributed by atoms with van der Waals surface area (Å²) in [6.07, 6.45) is 1.18. The first-order valence-corrected chi connectivity index (χ1v) is 8.47. The molecular weight excluding hydrogens is 363 g/mol. The molecule has 1 heterocycles. The fourth-order valence-electron chi connectivity index (χ4n) is 2.92. The smallest absolute Gasteiger partial charge is 0.176 e. The van der Waals surface area contributed by atoms with Crippen LogP contribution in [0.4, 0.5) is 0 Å². The summed E-state index contributed by atoms with van der Waals surface area (Å²) >= 11 is 2.26. The predicted octanol–water partition coefficient (Wildman–Crippen LogP) is 2.89. The normalized spacial score (nSPS) is 19.7. The lowest BCUT2D eigenvalue weighted by Gasteiger charge is -2.26. The fraction of sp³-hybridized carbons (Fsp3) is 0.562. The molecule has 3 nitrogen and oxygen atoms in total. The fourth-order valence-corrected chi connectivity index (χ4v) is 3.28. The minimum absolute atomic E-state index is 0.238. The third-order valence-corrected chi connectivity index (χ3v) is 4.83. The van der Waals surface area contributed by atoms with Gasteiger partial charge < -0.3 is 0 Å². The van der Waals surface area contributed by atoms with Gasteiger partial charge in [-0.25, -0.2) is 0 Å². The molecule has 1 aliphatic heterocycles. The number of ketones is 1. The van der Waals surface area contributed by atoms with Crippen molar-refractivity contribution in [3.8, 4) is 0 Å². The molecule has 1 aromatic rings. The molecule has 4 heteroatoms. The third kappa shape index (κ3) is 4.02. The van der Waals surface area contributed by atoms with Gasteiger partial charge in [-0.3, -0.25) is 14.6 Å². The number of carbonyl (C=O) groups is 1. The monoisotopic (exact) mass is 386 g/mol. The molecule has 0 amide bonds. The van der Waals surface area contributed by atoms with Crippen LogP contribution in [0, 0.1) is 3.57 Å². The molecule has 0 radical (unpaired) electrons. The number of benzene rings is 1. The van der Waals surface area contributed by atoms with E-state index in [1.807, 2.05) is 24.3 Å². The number of carbonyl (C=O) groups excluding carboxylic acids is 1. The molecule has 0 bridgehead atoms. The van der Waals surface area contributed by atoms with Crippen LogP contribution >= 0.6 is 22.6 Å². The van der Waals surface area contributed by atoms with Crippen molar-refractivity contribution >= 4 is 28.4 Å². The minimum Gasteiger partial charge on any atom is -0.300 e. The van der Waals surface area contributed by atoms with E-state index in [9.17, 15) is 4.79 Å². The lowest BCUT2D eigenvalue weighted by atomic mass is 10.1. The van der Waals surface area contributed by atoms with E-state index in [2.05, 4.69) is 46.2 Å². The maximum Gasteiger partial charge on any atom is 0.176 e. The van der Waals surface area contributed by atoms with E-state index in [0.717, 1.165) is 31.7 Å². The van der Waals surface area contributed by atoms with Crippen molar-refractivity contribution < 1.29 is 4.79 Å². The van der Waals surface area contributed by atoms with E-state index in [-0.39, 0.29) is 5.78 Å². The van der Waals surface area contributed by atoms with Gasteiger partial charge >= 0.3 is 0 Å². The summed E-state index contributed by atoms with van der Waals surface area (Å²) in [5.41, 5.74) is 0.830. The summed E-state index contributed by atoms with van der Waals surface area (Å²) in [5.74, 6) is 0.238. The van der Waals surface area contributed by atoms with Gasteiger partial charge in [-0.1, -0.05) is 26.0 Å². The summed E-state index contributed by atoms with van der Waals surface area (Å²) in [6, 6.07) is 8.48. The Morgan fingerprint density at radius 3 is 2.55 bits per heavy atom. The Morgan fingerprint density at radius 2 is 1.95 bits per heavy atom. The zero-order chi connectivity index (χ0) is 14.5. The van der Waals surface area contributed by atoms with Crippen LogP contribution in [0.25, 0.3) is 0 Å². The Hall–Kier alpha value is -0.460. The SMILES string of the molecule is CCN(CC)C1CCN(CC(=O)c2ccc(I)cc2)C1. The molecule has 20 heavy (non-hydrogen) atoms. The Balaban J connectivity index is 1.88. The van der Waals surface area contributed by atoms with E-state index in [1.165, 1.54) is 9.99 Å². The van der Waals surface area contributed by atoms with E-state index < -0.39 is 0 Å². The second-order valence-electron chi connectivity index (χ2n) is 5.33. The van der Waals surface area contributed by atoms with E-state index in [0.29, 0.717) is 12.6 Å². The van der Waals surface area contributed by atoms with Gasteiger partial charge in [-0.15, -0.1) is 0 Å². The van der Waals surface area contributed by atoms with Crippen LogP contribution in [-0.4, -0.2) is 54.3 Å². The molecule has 0 aromatic heterocycles.